The Balaban J connectivity index is 1.55. The molecule has 170 valence electrons. The number of ether oxygens (including phenoxy) is 1. The number of furan rings is 1. The van der Waals surface area contributed by atoms with E-state index >= 15 is 0 Å². The Kier molecular flexibility index (Phi) is 6.72. The van der Waals surface area contributed by atoms with Gasteiger partial charge in [-0.25, -0.2) is 9.07 Å². The van der Waals surface area contributed by atoms with Gasteiger partial charge in [-0.15, -0.1) is 0 Å². The number of aryl methyl sites for hydroxylation is 1. The maximum Gasteiger partial charge on any atom is 0.254 e. The average molecular weight is 441 g/mol. The number of hydrogen-bond donors (Lipinski definition) is 1. The lowest BCUT2D eigenvalue weighted by Crippen LogP contribution is -2.43. The van der Waals surface area contributed by atoms with Gasteiger partial charge in [0.25, 0.3) is 5.91 Å². The molecule has 2 aromatic heterocycles. The molecule has 0 saturated carbocycles. The lowest BCUT2D eigenvalue weighted by molar-refractivity contribution is 0.0117. The molecular weight excluding hydrogens is 411 g/mol. The van der Waals surface area contributed by atoms with Crippen LogP contribution in [-0.2, 0) is 4.74 Å². The Hall–Kier alpha value is -2.97. The summed E-state index contributed by atoms with van der Waals surface area (Å²) in [6.07, 6.45) is 1.58. The van der Waals surface area contributed by atoms with Gasteiger partial charge >= 0.3 is 0 Å². The molecule has 0 aliphatic carbocycles. The largest absolute Gasteiger partial charge is 0.465 e. The van der Waals surface area contributed by atoms with Gasteiger partial charge in [-0.3, -0.25) is 9.69 Å². The van der Waals surface area contributed by atoms with E-state index in [0.717, 1.165) is 30.3 Å². The zero-order valence-electron chi connectivity index (χ0n) is 18.7. The van der Waals surface area contributed by atoms with E-state index < -0.39 is 0 Å². The molecule has 1 N–H and O–H groups in total. The molecule has 3 heterocycles. The fraction of sp³-hybridized carbons (Fsp3) is 0.417. The van der Waals surface area contributed by atoms with Crippen LogP contribution in [0.3, 0.4) is 0 Å². The molecule has 1 aromatic carbocycles. The Morgan fingerprint density at radius 3 is 2.50 bits per heavy atom. The van der Waals surface area contributed by atoms with Crippen molar-refractivity contribution in [2.24, 2.45) is 0 Å². The second-order valence-electron chi connectivity index (χ2n) is 8.31. The van der Waals surface area contributed by atoms with Gasteiger partial charge in [0.1, 0.15) is 17.3 Å². The van der Waals surface area contributed by atoms with Crippen LogP contribution in [0.15, 0.2) is 47.0 Å². The number of nitrogens with zero attached hydrogens (tertiary/aromatic N) is 3. The molecule has 1 fully saturated rings. The molecule has 0 radical (unpaired) electrons. The molecule has 4 rings (SSSR count). The lowest BCUT2D eigenvalue weighted by atomic mass is 10.0. The number of morpholine rings is 1. The van der Waals surface area contributed by atoms with Crippen molar-refractivity contribution in [1.29, 1.82) is 0 Å². The fourth-order valence-electron chi connectivity index (χ4n) is 4.09. The van der Waals surface area contributed by atoms with Crippen LogP contribution < -0.4 is 5.32 Å². The van der Waals surface area contributed by atoms with Crippen molar-refractivity contribution < 1.29 is 18.3 Å². The number of hydrogen-bond acceptors (Lipinski definition) is 5. The highest BCUT2D eigenvalue weighted by atomic mass is 19.1. The number of benzene rings is 1. The number of aromatic nitrogens is 2. The van der Waals surface area contributed by atoms with Crippen molar-refractivity contribution in [2.75, 3.05) is 32.8 Å². The molecule has 0 spiro atoms. The van der Waals surface area contributed by atoms with Crippen LogP contribution in [0.4, 0.5) is 4.39 Å². The summed E-state index contributed by atoms with van der Waals surface area (Å²) in [5, 5.41) is 7.50. The number of rotatable bonds is 7. The summed E-state index contributed by atoms with van der Waals surface area (Å²) in [6.45, 7) is 9.21. The molecule has 1 amide bonds. The van der Waals surface area contributed by atoms with Gasteiger partial charge in [0.15, 0.2) is 0 Å². The van der Waals surface area contributed by atoms with Crippen molar-refractivity contribution in [3.05, 3.63) is 71.2 Å². The van der Waals surface area contributed by atoms with Crippen LogP contribution in [0.2, 0.25) is 0 Å². The normalized spacial score (nSPS) is 15.8. The first kappa shape index (κ1) is 22.2. The Labute approximate surface area is 187 Å². The highest BCUT2D eigenvalue weighted by Gasteiger charge is 2.27. The van der Waals surface area contributed by atoms with Crippen molar-refractivity contribution in [1.82, 2.24) is 20.0 Å². The van der Waals surface area contributed by atoms with Gasteiger partial charge in [0, 0.05) is 19.6 Å². The second-order valence-corrected chi connectivity index (χ2v) is 8.31. The maximum absolute atomic E-state index is 13.4. The molecule has 1 atom stereocenters. The molecule has 3 aromatic rings. The van der Waals surface area contributed by atoms with Gasteiger partial charge < -0.3 is 14.5 Å². The summed E-state index contributed by atoms with van der Waals surface area (Å²) in [7, 11) is 0. The highest BCUT2D eigenvalue weighted by molar-refractivity contribution is 5.95. The summed E-state index contributed by atoms with van der Waals surface area (Å²) in [4.78, 5) is 15.5. The third kappa shape index (κ3) is 4.76. The molecule has 1 unspecified atom stereocenters. The first-order valence-electron chi connectivity index (χ1n) is 10.9. The zero-order valence-corrected chi connectivity index (χ0v) is 18.7. The lowest BCUT2D eigenvalue weighted by Gasteiger charge is -2.33. The van der Waals surface area contributed by atoms with Crippen LogP contribution in [0, 0.1) is 12.7 Å². The number of halogens is 1. The maximum atomic E-state index is 13.4. The minimum Gasteiger partial charge on any atom is -0.465 e. The third-order valence-electron chi connectivity index (χ3n) is 5.70. The van der Waals surface area contributed by atoms with Gasteiger partial charge in [0.2, 0.25) is 0 Å². The topological polar surface area (TPSA) is 72.5 Å². The molecular formula is C24H29FN4O3. The smallest absolute Gasteiger partial charge is 0.254 e. The summed E-state index contributed by atoms with van der Waals surface area (Å²) in [6, 6.07) is 9.92. The van der Waals surface area contributed by atoms with Crippen molar-refractivity contribution in [3.63, 3.8) is 0 Å². The van der Waals surface area contributed by atoms with E-state index in [1.807, 2.05) is 32.9 Å². The van der Waals surface area contributed by atoms with Crippen LogP contribution in [0.1, 0.15) is 53.4 Å². The van der Waals surface area contributed by atoms with Gasteiger partial charge in [-0.1, -0.05) is 13.8 Å². The van der Waals surface area contributed by atoms with E-state index in [4.69, 9.17) is 9.15 Å². The quantitative estimate of drug-likeness (QED) is 0.604. The predicted octanol–water partition coefficient (Wildman–Crippen LogP) is 3.84. The first-order valence-corrected chi connectivity index (χ1v) is 10.9. The van der Waals surface area contributed by atoms with E-state index in [1.165, 1.54) is 12.1 Å². The van der Waals surface area contributed by atoms with Gasteiger partial charge in [-0.05, 0) is 49.2 Å². The molecule has 1 aliphatic rings. The summed E-state index contributed by atoms with van der Waals surface area (Å²) >= 11 is 0. The van der Waals surface area contributed by atoms with E-state index in [1.54, 1.807) is 23.0 Å². The van der Waals surface area contributed by atoms with E-state index in [9.17, 15) is 9.18 Å². The zero-order chi connectivity index (χ0) is 22.7. The van der Waals surface area contributed by atoms with Gasteiger partial charge in [-0.2, -0.15) is 5.10 Å². The van der Waals surface area contributed by atoms with E-state index in [0.29, 0.717) is 31.0 Å². The third-order valence-corrected chi connectivity index (χ3v) is 5.70. The molecule has 1 saturated heterocycles. The number of amides is 1. The summed E-state index contributed by atoms with van der Waals surface area (Å²) < 4.78 is 26.4. The van der Waals surface area contributed by atoms with E-state index in [2.05, 4.69) is 15.3 Å². The van der Waals surface area contributed by atoms with Gasteiger partial charge in [0.05, 0.1) is 42.4 Å². The molecule has 8 heteroatoms. The number of nitrogens with one attached hydrogen (secondary N) is 1. The Morgan fingerprint density at radius 1 is 1.16 bits per heavy atom. The van der Waals surface area contributed by atoms with Crippen molar-refractivity contribution in [3.8, 4) is 5.69 Å². The Bertz CT molecular complexity index is 1050. The predicted molar refractivity (Wildman–Crippen MR) is 119 cm³/mol. The Morgan fingerprint density at radius 2 is 1.88 bits per heavy atom. The SMILES string of the molecule is Cc1ccc(C(CNC(=O)c2cnn(-c3ccc(F)cc3)c2C(C)C)N2CCOCC2)o1. The number of carbonyl (C=O) groups excluding carboxylic acids is 1. The van der Waals surface area contributed by atoms with Crippen molar-refractivity contribution >= 4 is 5.91 Å². The minimum atomic E-state index is -0.313. The standard InChI is InChI=1S/C24H29FN4O3/c1-16(2)23-20(14-27-29(23)19-7-5-18(25)6-8-19)24(30)26-15-21(22-9-4-17(3)32-22)28-10-12-31-13-11-28/h4-9,14,16,21H,10-13,15H2,1-3H3,(H,26,30). The molecule has 1 aliphatic heterocycles. The minimum absolute atomic E-state index is 0.0473. The molecule has 7 nitrogen and oxygen atoms in total. The molecule has 32 heavy (non-hydrogen) atoms. The second kappa shape index (κ2) is 9.67. The van der Waals surface area contributed by atoms with Crippen LogP contribution in [0.5, 0.6) is 0 Å². The van der Waals surface area contributed by atoms with Crippen LogP contribution in [0.25, 0.3) is 5.69 Å². The van der Waals surface area contributed by atoms with Crippen LogP contribution >= 0.6 is 0 Å². The van der Waals surface area contributed by atoms with Crippen molar-refractivity contribution in [2.45, 2.75) is 32.7 Å². The monoisotopic (exact) mass is 440 g/mol. The number of carbonyl (C=O) groups is 1. The molecule has 0 bridgehead atoms. The highest BCUT2D eigenvalue weighted by Crippen LogP contribution is 2.25. The van der Waals surface area contributed by atoms with E-state index in [-0.39, 0.29) is 23.7 Å². The average Bonchev–Trinajstić information content (AvgIpc) is 3.42. The summed E-state index contributed by atoms with van der Waals surface area (Å²) in [5.41, 5.74) is 2.01. The summed E-state index contributed by atoms with van der Waals surface area (Å²) in [5.74, 6) is 1.21. The van der Waals surface area contributed by atoms with Crippen LogP contribution in [-0.4, -0.2) is 53.4 Å². The first-order chi connectivity index (χ1) is 15.4. The fourth-order valence-corrected chi connectivity index (χ4v) is 4.09.